The lowest BCUT2D eigenvalue weighted by Crippen LogP contribution is -2.30. The number of amides is 1. The molecule has 0 bridgehead atoms. The Balaban J connectivity index is 1.62. The van der Waals surface area contributed by atoms with Crippen LogP contribution >= 0.6 is 0 Å². The molecule has 0 N–H and O–H groups in total. The van der Waals surface area contributed by atoms with Crippen molar-refractivity contribution in [2.75, 3.05) is 13.7 Å². The summed E-state index contributed by atoms with van der Waals surface area (Å²) < 4.78 is 7.10. The molecule has 25 heavy (non-hydrogen) atoms. The topological polar surface area (TPSA) is 51.5 Å². The van der Waals surface area contributed by atoms with Gasteiger partial charge >= 0.3 is 5.97 Å². The monoisotopic (exact) mass is 336 g/mol. The van der Waals surface area contributed by atoms with Gasteiger partial charge in [0.1, 0.15) is 0 Å². The molecule has 1 heterocycles. The molecule has 128 valence electrons. The molecule has 0 spiro atoms. The summed E-state index contributed by atoms with van der Waals surface area (Å²) in [5.41, 5.74) is 2.44. The van der Waals surface area contributed by atoms with Crippen molar-refractivity contribution < 1.29 is 14.3 Å². The van der Waals surface area contributed by atoms with Crippen molar-refractivity contribution in [2.24, 2.45) is 7.05 Å². The largest absolute Gasteiger partial charge is 0.452 e. The average Bonchev–Trinajstić information content (AvgIpc) is 2.97. The third-order valence-corrected chi connectivity index (χ3v) is 4.13. The second-order valence-corrected chi connectivity index (χ2v) is 5.98. The van der Waals surface area contributed by atoms with Crippen molar-refractivity contribution in [1.82, 2.24) is 9.47 Å². The number of carbonyl (C=O) groups is 2. The van der Waals surface area contributed by atoms with Crippen LogP contribution in [-0.2, 0) is 23.1 Å². The first kappa shape index (κ1) is 16.8. The highest BCUT2D eigenvalue weighted by Crippen LogP contribution is 2.21. The van der Waals surface area contributed by atoms with Gasteiger partial charge < -0.3 is 14.2 Å². The van der Waals surface area contributed by atoms with Gasteiger partial charge in [0.2, 0.25) is 0 Å². The zero-order chi connectivity index (χ0) is 17.8. The van der Waals surface area contributed by atoms with E-state index >= 15 is 0 Å². The summed E-state index contributed by atoms with van der Waals surface area (Å²) in [6.07, 6.45) is 1.73. The molecule has 0 aliphatic heterocycles. The quantitative estimate of drug-likeness (QED) is 0.673. The zero-order valence-corrected chi connectivity index (χ0v) is 14.3. The molecule has 0 saturated carbocycles. The molecule has 0 fully saturated rings. The van der Waals surface area contributed by atoms with Crippen molar-refractivity contribution in [3.63, 3.8) is 0 Å². The maximum Gasteiger partial charge on any atom is 0.340 e. The van der Waals surface area contributed by atoms with Crippen LogP contribution in [0.5, 0.6) is 0 Å². The zero-order valence-electron chi connectivity index (χ0n) is 14.3. The third kappa shape index (κ3) is 3.71. The van der Waals surface area contributed by atoms with E-state index < -0.39 is 5.97 Å². The number of esters is 1. The Kier molecular flexibility index (Phi) is 4.84. The Morgan fingerprint density at radius 3 is 2.48 bits per heavy atom. The molecule has 0 saturated heterocycles. The fraction of sp³-hybridized carbons (Fsp3) is 0.200. The van der Waals surface area contributed by atoms with Crippen LogP contribution in [0.2, 0.25) is 0 Å². The fourth-order valence-electron chi connectivity index (χ4n) is 2.77. The predicted octanol–water partition coefficient (Wildman–Crippen LogP) is 2.99. The normalized spacial score (nSPS) is 10.6. The van der Waals surface area contributed by atoms with Crippen LogP contribution in [0.1, 0.15) is 15.9 Å². The molecule has 2 aromatic carbocycles. The Bertz CT molecular complexity index is 900. The number of rotatable bonds is 5. The van der Waals surface area contributed by atoms with E-state index in [0.29, 0.717) is 12.1 Å². The first-order valence-corrected chi connectivity index (χ1v) is 8.05. The lowest BCUT2D eigenvalue weighted by atomic mass is 10.2. The Morgan fingerprint density at radius 2 is 1.72 bits per heavy atom. The maximum absolute atomic E-state index is 12.4. The predicted molar refractivity (Wildman–Crippen MR) is 96.1 cm³/mol. The van der Waals surface area contributed by atoms with E-state index in [0.717, 1.165) is 16.5 Å². The third-order valence-electron chi connectivity index (χ3n) is 4.13. The second kappa shape index (κ2) is 7.21. The number of ether oxygens (including phenoxy) is 1. The van der Waals surface area contributed by atoms with Crippen LogP contribution in [0.25, 0.3) is 10.9 Å². The highest BCUT2D eigenvalue weighted by molar-refractivity contribution is 6.04. The molecule has 0 atom stereocenters. The van der Waals surface area contributed by atoms with E-state index in [4.69, 9.17) is 4.74 Å². The maximum atomic E-state index is 12.4. The van der Waals surface area contributed by atoms with Gasteiger partial charge in [0.05, 0.1) is 5.56 Å². The number of aromatic nitrogens is 1. The number of aryl methyl sites for hydroxylation is 1. The van der Waals surface area contributed by atoms with Gasteiger partial charge in [-0.05, 0) is 11.6 Å². The summed E-state index contributed by atoms with van der Waals surface area (Å²) >= 11 is 0. The number of para-hydroxylation sites is 1. The summed E-state index contributed by atoms with van der Waals surface area (Å²) in [7, 11) is 3.57. The molecule has 3 aromatic rings. The van der Waals surface area contributed by atoms with Crippen LogP contribution in [-0.4, -0.2) is 35.0 Å². The Hall–Kier alpha value is -3.08. The molecule has 3 rings (SSSR count). The Morgan fingerprint density at radius 1 is 1.04 bits per heavy atom. The van der Waals surface area contributed by atoms with Crippen LogP contribution in [0, 0.1) is 0 Å². The number of fused-ring (bicyclic) bond motifs is 1. The summed E-state index contributed by atoms with van der Waals surface area (Å²) in [4.78, 5) is 26.1. The van der Waals surface area contributed by atoms with Crippen LogP contribution in [0.4, 0.5) is 0 Å². The SMILES string of the molecule is CN(Cc1ccccc1)C(=O)COC(=O)c1cn(C)c2ccccc12. The molecule has 0 unspecified atom stereocenters. The van der Waals surface area contributed by atoms with Crippen molar-refractivity contribution in [3.8, 4) is 0 Å². The first-order valence-electron chi connectivity index (χ1n) is 8.05. The molecule has 5 nitrogen and oxygen atoms in total. The molecule has 0 aliphatic rings. The van der Waals surface area contributed by atoms with E-state index in [2.05, 4.69) is 0 Å². The van der Waals surface area contributed by atoms with Crippen LogP contribution in [0.3, 0.4) is 0 Å². The summed E-state index contributed by atoms with van der Waals surface area (Å²) in [6, 6.07) is 17.3. The van der Waals surface area contributed by atoms with Gasteiger partial charge in [-0.1, -0.05) is 48.5 Å². The van der Waals surface area contributed by atoms with E-state index in [9.17, 15) is 9.59 Å². The molecule has 0 radical (unpaired) electrons. The van der Waals surface area contributed by atoms with Gasteiger partial charge in [-0.25, -0.2) is 4.79 Å². The number of likely N-dealkylation sites (N-methyl/N-ethyl adjacent to an activating group) is 1. The summed E-state index contributed by atoms with van der Waals surface area (Å²) in [5, 5.41) is 0.820. The minimum absolute atomic E-state index is 0.238. The van der Waals surface area contributed by atoms with Gasteiger partial charge in [-0.2, -0.15) is 0 Å². The van der Waals surface area contributed by atoms with E-state index in [1.165, 1.54) is 0 Å². The van der Waals surface area contributed by atoms with Crippen molar-refractivity contribution in [1.29, 1.82) is 0 Å². The van der Waals surface area contributed by atoms with E-state index in [-0.39, 0.29) is 12.5 Å². The van der Waals surface area contributed by atoms with Crippen molar-refractivity contribution in [2.45, 2.75) is 6.54 Å². The van der Waals surface area contributed by atoms with Crippen molar-refractivity contribution >= 4 is 22.8 Å². The Labute approximate surface area is 146 Å². The van der Waals surface area contributed by atoms with E-state index in [1.807, 2.05) is 66.2 Å². The van der Waals surface area contributed by atoms with Gasteiger partial charge in [-0.15, -0.1) is 0 Å². The van der Waals surface area contributed by atoms with Gasteiger partial charge in [0.25, 0.3) is 5.91 Å². The second-order valence-electron chi connectivity index (χ2n) is 5.98. The fourth-order valence-corrected chi connectivity index (χ4v) is 2.77. The van der Waals surface area contributed by atoms with Crippen LogP contribution < -0.4 is 0 Å². The highest BCUT2D eigenvalue weighted by atomic mass is 16.5. The van der Waals surface area contributed by atoms with Crippen LogP contribution in [0.15, 0.2) is 60.8 Å². The summed E-state index contributed by atoms with van der Waals surface area (Å²) in [5.74, 6) is -0.726. The van der Waals surface area contributed by atoms with E-state index in [1.54, 1.807) is 18.1 Å². The molecule has 1 aromatic heterocycles. The van der Waals surface area contributed by atoms with Gasteiger partial charge in [0, 0.05) is 37.7 Å². The lowest BCUT2D eigenvalue weighted by molar-refractivity contribution is -0.133. The minimum atomic E-state index is -0.488. The highest BCUT2D eigenvalue weighted by Gasteiger charge is 2.17. The molecule has 0 aliphatic carbocycles. The van der Waals surface area contributed by atoms with Crippen molar-refractivity contribution in [3.05, 3.63) is 71.9 Å². The standard InChI is InChI=1S/C20H20N2O3/c1-21-13-17(16-10-6-7-11-18(16)21)20(24)25-14-19(23)22(2)12-15-8-4-3-5-9-15/h3-11,13H,12,14H2,1-2H3. The summed E-state index contributed by atoms with van der Waals surface area (Å²) in [6.45, 7) is 0.205. The first-order chi connectivity index (χ1) is 12.1. The molecule has 1 amide bonds. The number of hydrogen-bond acceptors (Lipinski definition) is 3. The number of hydrogen-bond donors (Lipinski definition) is 0. The smallest absolute Gasteiger partial charge is 0.340 e. The lowest BCUT2D eigenvalue weighted by Gasteiger charge is -2.17. The number of carbonyl (C=O) groups excluding carboxylic acids is 2. The van der Waals surface area contributed by atoms with Gasteiger partial charge in [0.15, 0.2) is 6.61 Å². The molecular formula is C20H20N2O3. The average molecular weight is 336 g/mol. The number of benzene rings is 2. The van der Waals surface area contributed by atoms with Gasteiger partial charge in [-0.3, -0.25) is 4.79 Å². The minimum Gasteiger partial charge on any atom is -0.452 e. The molecular weight excluding hydrogens is 316 g/mol. The number of nitrogens with zero attached hydrogens (tertiary/aromatic N) is 2. The molecule has 5 heteroatoms.